The molecule has 3 aliphatic heterocycles. The molecule has 0 radical (unpaired) electrons. The Balaban J connectivity index is 1.02. The SMILES string of the molecule is Cc1nn2c(N3CCN(CCO)CC3)cc(-c3cccc(CCCC(=O)N4CCN(CCN5CCCCC5)CC4)c3)nc2c1-c1ccccc1. The molecule has 5 heterocycles. The summed E-state index contributed by atoms with van der Waals surface area (Å²) in [6.45, 7) is 14.9. The van der Waals surface area contributed by atoms with E-state index in [0.29, 0.717) is 13.0 Å². The lowest BCUT2D eigenvalue weighted by atomic mass is 10.0. The summed E-state index contributed by atoms with van der Waals surface area (Å²) < 4.78 is 2.02. The van der Waals surface area contributed by atoms with Crippen LogP contribution in [0.5, 0.6) is 0 Å². The van der Waals surface area contributed by atoms with E-state index in [1.165, 1.54) is 37.9 Å². The molecule has 266 valence electrons. The number of carbonyl (C=O) groups excluding carboxylic acids is 1. The molecular weight excluding hydrogens is 624 g/mol. The minimum absolute atomic E-state index is 0.184. The number of carbonyl (C=O) groups is 1. The van der Waals surface area contributed by atoms with Crippen LogP contribution < -0.4 is 4.90 Å². The van der Waals surface area contributed by atoms with Gasteiger partial charge in [0.2, 0.25) is 5.91 Å². The number of hydrogen-bond donors (Lipinski definition) is 1. The smallest absolute Gasteiger partial charge is 0.222 e. The standard InChI is InChI=1S/C40H54N8O2/c1-32-39(34-12-4-2-5-13-34)40-41-36(31-37(48(40)42-32)46-24-20-45(21-25-46)28-29-49)35-14-8-10-33(30-35)11-9-15-38(50)47-26-22-44(23-27-47)19-18-43-16-6-3-7-17-43/h2,4-5,8,10,12-14,30-31,49H,3,6-7,9,11,15-29H2,1H3. The maximum Gasteiger partial charge on any atom is 0.222 e. The number of fused-ring (bicyclic) bond motifs is 1. The number of benzene rings is 2. The number of amides is 1. The number of β-amino-alcohol motifs (C(OH)–C–C–N with tert-alkyl or cyclic N) is 1. The summed E-state index contributed by atoms with van der Waals surface area (Å²) in [7, 11) is 0. The number of aliphatic hydroxyl groups is 1. The molecule has 3 aliphatic rings. The molecule has 2 aromatic carbocycles. The lowest BCUT2D eigenvalue weighted by Crippen LogP contribution is -2.50. The first-order valence-corrected chi connectivity index (χ1v) is 18.9. The van der Waals surface area contributed by atoms with Crippen molar-refractivity contribution in [3.05, 3.63) is 71.9 Å². The summed E-state index contributed by atoms with van der Waals surface area (Å²) >= 11 is 0. The van der Waals surface area contributed by atoms with E-state index in [2.05, 4.69) is 86.0 Å². The minimum Gasteiger partial charge on any atom is -0.395 e. The number of likely N-dealkylation sites (tertiary alicyclic amines) is 1. The van der Waals surface area contributed by atoms with E-state index >= 15 is 0 Å². The van der Waals surface area contributed by atoms with Crippen LogP contribution in [0.2, 0.25) is 0 Å². The van der Waals surface area contributed by atoms with Crippen LogP contribution in [0.4, 0.5) is 5.82 Å². The van der Waals surface area contributed by atoms with Gasteiger partial charge in [0.1, 0.15) is 5.82 Å². The number of aryl methyl sites for hydroxylation is 2. The van der Waals surface area contributed by atoms with Gasteiger partial charge in [0.05, 0.1) is 18.0 Å². The molecule has 10 heteroatoms. The van der Waals surface area contributed by atoms with E-state index in [9.17, 15) is 9.90 Å². The molecule has 1 N–H and O–H groups in total. The molecule has 4 aromatic rings. The van der Waals surface area contributed by atoms with Gasteiger partial charge in [-0.1, -0.05) is 55.0 Å². The van der Waals surface area contributed by atoms with Crippen LogP contribution in [-0.4, -0.2) is 137 Å². The minimum atomic E-state index is 0.184. The first-order chi connectivity index (χ1) is 24.6. The second-order valence-corrected chi connectivity index (χ2v) is 14.3. The van der Waals surface area contributed by atoms with Gasteiger partial charge in [-0.25, -0.2) is 4.98 Å². The fraction of sp³-hybridized carbons (Fsp3) is 0.525. The van der Waals surface area contributed by atoms with Crippen molar-refractivity contribution in [2.45, 2.75) is 45.4 Å². The Hall–Kier alpha value is -3.83. The first-order valence-electron chi connectivity index (χ1n) is 18.9. The average Bonchev–Trinajstić information content (AvgIpc) is 3.50. The maximum atomic E-state index is 13.2. The van der Waals surface area contributed by atoms with Crippen LogP contribution in [0.15, 0.2) is 60.7 Å². The highest BCUT2D eigenvalue weighted by Gasteiger charge is 2.24. The molecule has 0 saturated carbocycles. The first kappa shape index (κ1) is 34.6. The molecule has 3 saturated heterocycles. The molecule has 0 bridgehead atoms. The quantitative estimate of drug-likeness (QED) is 0.236. The highest BCUT2D eigenvalue weighted by molar-refractivity contribution is 5.83. The number of anilines is 1. The van der Waals surface area contributed by atoms with Crippen molar-refractivity contribution >= 4 is 17.4 Å². The summed E-state index contributed by atoms with van der Waals surface area (Å²) in [5.41, 5.74) is 7.23. The maximum absolute atomic E-state index is 13.2. The zero-order valence-corrected chi connectivity index (χ0v) is 29.8. The number of piperidine rings is 1. The Morgan fingerprint density at radius 2 is 1.42 bits per heavy atom. The molecule has 0 aliphatic carbocycles. The summed E-state index contributed by atoms with van der Waals surface area (Å²) in [5, 5.41) is 14.5. The van der Waals surface area contributed by atoms with Crippen LogP contribution in [-0.2, 0) is 11.2 Å². The van der Waals surface area contributed by atoms with E-state index in [1.54, 1.807) is 0 Å². The number of aromatic nitrogens is 3. The molecule has 10 nitrogen and oxygen atoms in total. The van der Waals surface area contributed by atoms with Crippen molar-refractivity contribution in [3.8, 4) is 22.4 Å². The Morgan fingerprint density at radius 3 is 2.16 bits per heavy atom. The molecule has 0 unspecified atom stereocenters. The monoisotopic (exact) mass is 678 g/mol. The number of aliphatic hydroxyl groups excluding tert-OH is 1. The highest BCUT2D eigenvalue weighted by atomic mass is 16.3. The molecule has 50 heavy (non-hydrogen) atoms. The lowest BCUT2D eigenvalue weighted by molar-refractivity contribution is -0.133. The number of nitrogens with zero attached hydrogens (tertiary/aromatic N) is 8. The molecule has 1 amide bonds. The van der Waals surface area contributed by atoms with Crippen molar-refractivity contribution < 1.29 is 9.90 Å². The summed E-state index contributed by atoms with van der Waals surface area (Å²) in [5.74, 6) is 1.33. The van der Waals surface area contributed by atoms with Crippen molar-refractivity contribution in [3.63, 3.8) is 0 Å². The van der Waals surface area contributed by atoms with Gasteiger partial charge >= 0.3 is 0 Å². The average molecular weight is 679 g/mol. The van der Waals surface area contributed by atoms with Crippen molar-refractivity contribution in [2.24, 2.45) is 0 Å². The predicted molar refractivity (Wildman–Crippen MR) is 201 cm³/mol. The van der Waals surface area contributed by atoms with Gasteiger partial charge in [0.15, 0.2) is 5.65 Å². The van der Waals surface area contributed by atoms with Crippen LogP contribution in [0.3, 0.4) is 0 Å². The largest absolute Gasteiger partial charge is 0.395 e. The second kappa shape index (κ2) is 16.5. The molecule has 3 fully saturated rings. The van der Waals surface area contributed by atoms with Gasteiger partial charge in [-0.15, -0.1) is 0 Å². The van der Waals surface area contributed by atoms with E-state index in [-0.39, 0.29) is 12.5 Å². The molecule has 0 atom stereocenters. The van der Waals surface area contributed by atoms with Crippen LogP contribution in [0.1, 0.15) is 43.4 Å². The Labute approximate surface area is 297 Å². The van der Waals surface area contributed by atoms with Gasteiger partial charge in [-0.05, 0) is 62.9 Å². The van der Waals surface area contributed by atoms with Crippen LogP contribution in [0.25, 0.3) is 28.0 Å². The summed E-state index contributed by atoms with van der Waals surface area (Å²) in [6, 6.07) is 21.3. The predicted octanol–water partition coefficient (Wildman–Crippen LogP) is 4.44. The van der Waals surface area contributed by atoms with E-state index in [0.717, 1.165) is 118 Å². The molecule has 0 spiro atoms. The van der Waals surface area contributed by atoms with Gasteiger partial charge in [0.25, 0.3) is 0 Å². The Bertz CT molecular complexity index is 1700. The molecule has 2 aromatic heterocycles. The number of piperazine rings is 2. The Morgan fingerprint density at radius 1 is 0.740 bits per heavy atom. The third kappa shape index (κ3) is 8.20. The van der Waals surface area contributed by atoms with Gasteiger partial charge in [0, 0.05) is 95.6 Å². The summed E-state index contributed by atoms with van der Waals surface area (Å²) in [4.78, 5) is 30.4. The number of hydrogen-bond acceptors (Lipinski definition) is 8. The van der Waals surface area contributed by atoms with Crippen molar-refractivity contribution in [1.82, 2.24) is 34.2 Å². The molecule has 7 rings (SSSR count). The third-order valence-electron chi connectivity index (χ3n) is 10.9. The van der Waals surface area contributed by atoms with Crippen molar-refractivity contribution in [1.29, 1.82) is 0 Å². The van der Waals surface area contributed by atoms with Crippen LogP contribution >= 0.6 is 0 Å². The fourth-order valence-corrected chi connectivity index (χ4v) is 7.94. The summed E-state index contributed by atoms with van der Waals surface area (Å²) in [6.07, 6.45) is 6.35. The zero-order chi connectivity index (χ0) is 34.3. The number of rotatable bonds is 12. The topological polar surface area (TPSA) is 83.7 Å². The van der Waals surface area contributed by atoms with Crippen LogP contribution in [0, 0.1) is 6.92 Å². The Kier molecular flexibility index (Phi) is 11.4. The van der Waals surface area contributed by atoms with E-state index in [1.807, 2.05) is 10.6 Å². The van der Waals surface area contributed by atoms with Gasteiger partial charge in [-0.3, -0.25) is 14.6 Å². The van der Waals surface area contributed by atoms with E-state index in [4.69, 9.17) is 10.1 Å². The zero-order valence-electron chi connectivity index (χ0n) is 29.8. The van der Waals surface area contributed by atoms with Crippen molar-refractivity contribution in [2.75, 3.05) is 96.6 Å². The second-order valence-electron chi connectivity index (χ2n) is 14.3. The van der Waals surface area contributed by atoms with E-state index < -0.39 is 0 Å². The van der Waals surface area contributed by atoms with Gasteiger partial charge < -0.3 is 19.8 Å². The third-order valence-corrected chi connectivity index (χ3v) is 10.9. The lowest BCUT2D eigenvalue weighted by Gasteiger charge is -2.36. The molecular formula is C40H54N8O2. The highest BCUT2D eigenvalue weighted by Crippen LogP contribution is 2.33. The van der Waals surface area contributed by atoms with Gasteiger partial charge in [-0.2, -0.15) is 9.61 Å². The normalized spacial score (nSPS) is 18.3. The fourth-order valence-electron chi connectivity index (χ4n) is 7.94.